The lowest BCUT2D eigenvalue weighted by atomic mass is 10.1. The molecule has 0 fully saturated rings. The Morgan fingerprint density at radius 3 is 2.59 bits per heavy atom. The topological polar surface area (TPSA) is 50.0 Å². The zero-order chi connectivity index (χ0) is 19.0. The van der Waals surface area contributed by atoms with Gasteiger partial charge in [0.15, 0.2) is 5.71 Å². The fraction of sp³-hybridized carbons (Fsp3) is 0.150. The summed E-state index contributed by atoms with van der Waals surface area (Å²) in [5.74, 6) is -0.112. The highest BCUT2D eigenvalue weighted by atomic mass is 79.9. The molecule has 4 rings (SSSR count). The second-order valence-electron chi connectivity index (χ2n) is 6.03. The van der Waals surface area contributed by atoms with Crippen LogP contribution in [0.15, 0.2) is 68.5 Å². The lowest BCUT2D eigenvalue weighted by Crippen LogP contribution is -2.27. The van der Waals surface area contributed by atoms with Crippen molar-refractivity contribution in [3.05, 3.63) is 68.7 Å². The number of halogens is 1. The van der Waals surface area contributed by atoms with Crippen LogP contribution in [0.25, 0.3) is 11.3 Å². The van der Waals surface area contributed by atoms with Crippen molar-refractivity contribution in [1.82, 2.24) is 4.68 Å². The predicted octanol–water partition coefficient (Wildman–Crippen LogP) is 4.13. The van der Waals surface area contributed by atoms with Crippen molar-refractivity contribution in [2.24, 2.45) is 10.1 Å². The molecule has 1 aliphatic heterocycles. The minimum atomic E-state index is -0.112. The molecule has 0 unspecified atom stereocenters. The van der Waals surface area contributed by atoms with E-state index in [1.54, 1.807) is 16.6 Å². The fourth-order valence-electron chi connectivity index (χ4n) is 3.00. The molecule has 3 aromatic rings. The number of rotatable bonds is 3. The van der Waals surface area contributed by atoms with Crippen LogP contribution in [0.2, 0.25) is 0 Å². The van der Waals surface area contributed by atoms with Crippen molar-refractivity contribution in [2.75, 3.05) is 18.5 Å². The van der Waals surface area contributed by atoms with Crippen molar-refractivity contribution < 1.29 is 4.79 Å². The molecule has 0 aliphatic carbocycles. The monoisotopic (exact) mass is 440 g/mol. The van der Waals surface area contributed by atoms with Crippen molar-refractivity contribution in [3.63, 3.8) is 0 Å². The van der Waals surface area contributed by atoms with Gasteiger partial charge in [0.1, 0.15) is 0 Å². The largest absolute Gasteiger partial charge is 0.309 e. The van der Waals surface area contributed by atoms with E-state index in [4.69, 9.17) is 5.10 Å². The fourth-order valence-corrected chi connectivity index (χ4v) is 4.16. The molecule has 0 radical (unpaired) electrons. The van der Waals surface area contributed by atoms with E-state index >= 15 is 0 Å². The van der Waals surface area contributed by atoms with Gasteiger partial charge in [-0.1, -0.05) is 46.3 Å². The van der Waals surface area contributed by atoms with Gasteiger partial charge < -0.3 is 4.90 Å². The first-order valence-corrected chi connectivity index (χ1v) is 10.2. The average molecular weight is 441 g/mol. The normalized spacial score (nSPS) is 15.7. The third-order valence-corrected chi connectivity index (χ3v) is 5.73. The van der Waals surface area contributed by atoms with Crippen molar-refractivity contribution in [1.29, 1.82) is 0 Å². The number of likely N-dealkylation sites (N-methyl/N-ethyl adjacent to an activating group) is 1. The molecule has 27 heavy (non-hydrogen) atoms. The molecule has 1 aromatic heterocycles. The lowest BCUT2D eigenvalue weighted by Gasteiger charge is -2.07. The molecule has 0 atom stereocenters. The molecule has 0 saturated carbocycles. The van der Waals surface area contributed by atoms with Gasteiger partial charge in [-0.3, -0.25) is 9.79 Å². The number of thiazole rings is 1. The van der Waals surface area contributed by atoms with E-state index < -0.39 is 0 Å². The smallest absolute Gasteiger partial charge is 0.279 e. The number of hydrogen-bond donors (Lipinski definition) is 0. The van der Waals surface area contributed by atoms with Gasteiger partial charge in [-0.05, 0) is 25.1 Å². The molecule has 1 aliphatic rings. The van der Waals surface area contributed by atoms with E-state index in [2.05, 4.69) is 20.9 Å². The zero-order valence-electron chi connectivity index (χ0n) is 14.9. The van der Waals surface area contributed by atoms with E-state index in [9.17, 15) is 4.79 Å². The van der Waals surface area contributed by atoms with Crippen LogP contribution < -0.4 is 9.70 Å². The van der Waals surface area contributed by atoms with Gasteiger partial charge in [0.25, 0.3) is 5.91 Å². The number of para-hydroxylation sites is 1. The number of carbonyl (C=O) groups excluding carboxylic acids is 1. The summed E-state index contributed by atoms with van der Waals surface area (Å²) in [5.41, 5.74) is 4.07. The number of aromatic nitrogens is 1. The number of fused-ring (bicyclic) bond motifs is 1. The maximum atomic E-state index is 12.8. The standard InChI is InChI=1S/C20H17BrN4OS/c1-3-22-20-25(17(12-27-20)13-8-10-14(21)11-9-13)23-18-15-6-4-5-7-16(15)24(2)19(18)26/h4-12H,3H2,1-2H3/b22-20?,23-18+. The van der Waals surface area contributed by atoms with E-state index in [1.165, 1.54) is 11.3 Å². The highest BCUT2D eigenvalue weighted by molar-refractivity contribution is 9.10. The maximum absolute atomic E-state index is 12.8. The van der Waals surface area contributed by atoms with Crippen LogP contribution in [0, 0.1) is 0 Å². The summed E-state index contributed by atoms with van der Waals surface area (Å²) in [6, 6.07) is 15.7. The summed E-state index contributed by atoms with van der Waals surface area (Å²) in [6.07, 6.45) is 0. The quantitative estimate of drug-likeness (QED) is 0.603. The minimum Gasteiger partial charge on any atom is -0.309 e. The maximum Gasteiger partial charge on any atom is 0.279 e. The van der Waals surface area contributed by atoms with Gasteiger partial charge in [0, 0.05) is 34.6 Å². The number of hydrogen-bond acceptors (Lipinski definition) is 4. The molecular formula is C20H17BrN4OS. The summed E-state index contributed by atoms with van der Waals surface area (Å²) >= 11 is 4.99. The molecule has 0 N–H and O–H groups in total. The SMILES string of the molecule is CCN=c1scc(-c2ccc(Br)cc2)n1/N=C1/C(=O)N(C)c2ccccc21. The van der Waals surface area contributed by atoms with E-state index in [1.807, 2.05) is 60.8 Å². The van der Waals surface area contributed by atoms with Gasteiger partial charge in [-0.2, -0.15) is 5.10 Å². The van der Waals surface area contributed by atoms with Crippen LogP contribution in [0.4, 0.5) is 5.69 Å². The number of carbonyl (C=O) groups is 1. The van der Waals surface area contributed by atoms with Crippen molar-refractivity contribution >= 4 is 44.6 Å². The van der Waals surface area contributed by atoms with E-state index in [0.717, 1.165) is 31.8 Å². The molecule has 7 heteroatoms. The molecule has 2 aromatic carbocycles. The molecular weight excluding hydrogens is 424 g/mol. The molecule has 0 spiro atoms. The molecule has 1 amide bonds. The van der Waals surface area contributed by atoms with Crippen LogP contribution in [-0.4, -0.2) is 29.9 Å². The van der Waals surface area contributed by atoms with Gasteiger partial charge in [0.2, 0.25) is 4.80 Å². The first kappa shape index (κ1) is 17.9. The Kier molecular flexibility index (Phi) is 4.80. The van der Waals surface area contributed by atoms with E-state index in [0.29, 0.717) is 12.3 Å². The van der Waals surface area contributed by atoms with Crippen LogP contribution >= 0.6 is 27.3 Å². The van der Waals surface area contributed by atoms with Crippen molar-refractivity contribution in [3.8, 4) is 11.3 Å². The third kappa shape index (κ3) is 3.17. The van der Waals surface area contributed by atoms with Gasteiger partial charge in [0.05, 0.1) is 11.4 Å². The summed E-state index contributed by atoms with van der Waals surface area (Å²) in [5, 5.41) is 6.78. The Morgan fingerprint density at radius 2 is 1.85 bits per heavy atom. The predicted molar refractivity (Wildman–Crippen MR) is 113 cm³/mol. The van der Waals surface area contributed by atoms with Crippen LogP contribution in [0.3, 0.4) is 0 Å². The molecule has 2 heterocycles. The summed E-state index contributed by atoms with van der Waals surface area (Å²) in [4.78, 5) is 19.8. The second kappa shape index (κ2) is 7.25. The summed E-state index contributed by atoms with van der Waals surface area (Å²) < 4.78 is 2.79. The molecule has 136 valence electrons. The molecule has 5 nitrogen and oxygen atoms in total. The van der Waals surface area contributed by atoms with Crippen LogP contribution in [-0.2, 0) is 4.79 Å². The number of benzene rings is 2. The second-order valence-corrected chi connectivity index (χ2v) is 7.78. The first-order valence-electron chi connectivity index (χ1n) is 8.53. The number of amides is 1. The zero-order valence-corrected chi connectivity index (χ0v) is 17.3. The summed E-state index contributed by atoms with van der Waals surface area (Å²) in [7, 11) is 1.77. The Hall–Kier alpha value is -2.51. The highest BCUT2D eigenvalue weighted by Crippen LogP contribution is 2.29. The van der Waals surface area contributed by atoms with Gasteiger partial charge >= 0.3 is 0 Å². The Balaban J connectivity index is 1.93. The lowest BCUT2D eigenvalue weighted by molar-refractivity contribution is -0.112. The van der Waals surface area contributed by atoms with E-state index in [-0.39, 0.29) is 5.91 Å². The minimum absolute atomic E-state index is 0.112. The third-order valence-electron chi connectivity index (χ3n) is 4.35. The Labute approximate surface area is 169 Å². The van der Waals surface area contributed by atoms with Crippen molar-refractivity contribution in [2.45, 2.75) is 6.92 Å². The Morgan fingerprint density at radius 1 is 1.11 bits per heavy atom. The first-order chi connectivity index (χ1) is 13.1. The Bertz CT molecular complexity index is 1110. The summed E-state index contributed by atoms with van der Waals surface area (Å²) in [6.45, 7) is 2.63. The van der Waals surface area contributed by atoms with Crippen LogP contribution in [0.5, 0.6) is 0 Å². The highest BCUT2D eigenvalue weighted by Gasteiger charge is 2.31. The van der Waals surface area contributed by atoms with Crippen LogP contribution in [0.1, 0.15) is 12.5 Å². The van der Waals surface area contributed by atoms with Gasteiger partial charge in [-0.25, -0.2) is 4.68 Å². The molecule has 0 bridgehead atoms. The molecule has 0 saturated heterocycles. The average Bonchev–Trinajstić information content (AvgIpc) is 3.18. The number of nitrogens with zero attached hydrogens (tertiary/aromatic N) is 4. The number of anilines is 1. The van der Waals surface area contributed by atoms with Gasteiger partial charge in [-0.15, -0.1) is 11.3 Å².